The van der Waals surface area contributed by atoms with E-state index in [4.69, 9.17) is 0 Å². The first-order valence-electron chi connectivity index (χ1n) is 7.60. The third-order valence-electron chi connectivity index (χ3n) is 4.01. The number of aromatic nitrogens is 4. The average molecular weight is 328 g/mol. The van der Waals surface area contributed by atoms with Crippen LogP contribution < -0.4 is 5.56 Å². The van der Waals surface area contributed by atoms with Gasteiger partial charge in [0.15, 0.2) is 5.82 Å². The maximum absolute atomic E-state index is 12.4. The average Bonchev–Trinajstić information content (AvgIpc) is 2.96. The molecule has 24 heavy (non-hydrogen) atoms. The van der Waals surface area contributed by atoms with Crippen LogP contribution in [0.5, 0.6) is 0 Å². The molecule has 8 heteroatoms. The lowest BCUT2D eigenvalue weighted by Crippen LogP contribution is -2.34. The van der Waals surface area contributed by atoms with Crippen LogP contribution in [0, 0.1) is 0 Å². The smallest absolute Gasteiger partial charge is 0.262 e. The molecule has 0 aliphatic heterocycles. The zero-order chi connectivity index (χ0) is 17.4. The Morgan fingerprint density at radius 1 is 1.17 bits per heavy atom. The number of likely N-dealkylation sites (N-methyl/N-ethyl adjacent to an activating group) is 2. The molecular formula is C16H20N6O2. The molecule has 0 atom stereocenters. The largest absolute Gasteiger partial charge is 0.348 e. The number of nitrogens with zero attached hydrogens (tertiary/aromatic N) is 6. The molecule has 8 nitrogen and oxygen atoms in total. The van der Waals surface area contributed by atoms with Crippen molar-refractivity contribution in [2.75, 3.05) is 27.7 Å². The van der Waals surface area contributed by atoms with Crippen LogP contribution in [-0.2, 0) is 18.4 Å². The topological polar surface area (TPSA) is 75.7 Å². The van der Waals surface area contributed by atoms with Crippen molar-refractivity contribution in [1.82, 2.24) is 29.0 Å². The van der Waals surface area contributed by atoms with Crippen LogP contribution in [0.3, 0.4) is 0 Å². The Morgan fingerprint density at radius 2 is 1.88 bits per heavy atom. The zero-order valence-corrected chi connectivity index (χ0v) is 14.2. The normalized spacial score (nSPS) is 11.5. The highest BCUT2D eigenvalue weighted by atomic mass is 16.2. The third-order valence-corrected chi connectivity index (χ3v) is 4.01. The lowest BCUT2D eigenvalue weighted by atomic mass is 10.2. The van der Waals surface area contributed by atoms with Gasteiger partial charge in [-0.3, -0.25) is 23.5 Å². The van der Waals surface area contributed by atoms with Crippen molar-refractivity contribution in [3.05, 3.63) is 40.4 Å². The molecule has 126 valence electrons. The SMILES string of the molecule is CN(CC(=O)N(C)C)Cc1nnc2n(C)c(=O)c3ccccc3n12. The second-order valence-corrected chi connectivity index (χ2v) is 6.09. The molecule has 1 aromatic carbocycles. The Kier molecular flexibility index (Phi) is 4.06. The molecule has 0 radical (unpaired) electrons. The van der Waals surface area contributed by atoms with Gasteiger partial charge in [0.2, 0.25) is 11.7 Å². The first kappa shape index (κ1) is 16.1. The van der Waals surface area contributed by atoms with Gasteiger partial charge in [0.1, 0.15) is 0 Å². The number of fused-ring (bicyclic) bond motifs is 3. The second kappa shape index (κ2) is 6.04. The van der Waals surface area contributed by atoms with Gasteiger partial charge in [-0.1, -0.05) is 12.1 Å². The molecule has 1 amide bonds. The van der Waals surface area contributed by atoms with Crippen LogP contribution in [0.15, 0.2) is 29.1 Å². The second-order valence-electron chi connectivity index (χ2n) is 6.09. The minimum atomic E-state index is -0.104. The van der Waals surface area contributed by atoms with Crippen molar-refractivity contribution in [3.8, 4) is 0 Å². The Balaban J connectivity index is 2.07. The summed E-state index contributed by atoms with van der Waals surface area (Å²) in [5.41, 5.74) is 0.663. The van der Waals surface area contributed by atoms with Gasteiger partial charge < -0.3 is 4.90 Å². The molecule has 0 N–H and O–H groups in total. The van der Waals surface area contributed by atoms with Crippen LogP contribution in [-0.4, -0.2) is 62.6 Å². The molecule has 0 bridgehead atoms. The molecule has 0 saturated carbocycles. The molecular weight excluding hydrogens is 308 g/mol. The predicted octanol–water partition coefficient (Wildman–Crippen LogP) is 0.101. The number of para-hydroxylation sites is 1. The Hall–Kier alpha value is -2.74. The molecule has 3 rings (SSSR count). The van der Waals surface area contributed by atoms with Gasteiger partial charge >= 0.3 is 0 Å². The van der Waals surface area contributed by atoms with Crippen molar-refractivity contribution in [1.29, 1.82) is 0 Å². The molecule has 0 aliphatic rings. The molecule has 0 unspecified atom stereocenters. The van der Waals surface area contributed by atoms with E-state index in [2.05, 4.69) is 10.2 Å². The van der Waals surface area contributed by atoms with Crippen molar-refractivity contribution in [2.45, 2.75) is 6.54 Å². The van der Waals surface area contributed by atoms with E-state index in [1.165, 1.54) is 4.57 Å². The number of benzene rings is 1. The molecule has 0 spiro atoms. The van der Waals surface area contributed by atoms with Crippen LogP contribution in [0.4, 0.5) is 0 Å². The molecule has 2 aromatic heterocycles. The maximum Gasteiger partial charge on any atom is 0.262 e. The highest BCUT2D eigenvalue weighted by Crippen LogP contribution is 2.14. The highest BCUT2D eigenvalue weighted by molar-refractivity contribution is 5.80. The van der Waals surface area contributed by atoms with Crippen LogP contribution in [0.25, 0.3) is 16.7 Å². The lowest BCUT2D eigenvalue weighted by molar-refractivity contribution is -0.129. The molecule has 0 fully saturated rings. The van der Waals surface area contributed by atoms with Crippen LogP contribution in [0.2, 0.25) is 0 Å². The molecule has 2 heterocycles. The number of amides is 1. The van der Waals surface area contributed by atoms with E-state index in [9.17, 15) is 9.59 Å². The standard InChI is InChI=1S/C16H20N6O2/c1-19(2)14(23)10-20(3)9-13-17-18-16-21(4)15(24)11-7-5-6-8-12(11)22(13)16/h5-8H,9-10H2,1-4H3. The number of rotatable bonds is 4. The summed E-state index contributed by atoms with van der Waals surface area (Å²) in [6.07, 6.45) is 0. The van der Waals surface area contributed by atoms with Gasteiger partial charge in [0.05, 0.1) is 24.0 Å². The summed E-state index contributed by atoms with van der Waals surface area (Å²) in [7, 11) is 6.99. The summed E-state index contributed by atoms with van der Waals surface area (Å²) < 4.78 is 3.36. The number of hydrogen-bond acceptors (Lipinski definition) is 5. The summed E-state index contributed by atoms with van der Waals surface area (Å²) in [6, 6.07) is 7.38. The molecule has 3 aromatic rings. The van der Waals surface area contributed by atoms with Crippen molar-refractivity contribution < 1.29 is 4.79 Å². The Labute approximate surface area is 138 Å². The maximum atomic E-state index is 12.4. The zero-order valence-electron chi connectivity index (χ0n) is 14.2. The van der Waals surface area contributed by atoms with E-state index < -0.39 is 0 Å². The monoisotopic (exact) mass is 328 g/mol. The van der Waals surface area contributed by atoms with Gasteiger partial charge in [0.25, 0.3) is 5.56 Å². The minimum absolute atomic E-state index is 0.0172. The Bertz CT molecular complexity index is 972. The number of carbonyl (C=O) groups is 1. The van der Waals surface area contributed by atoms with E-state index in [1.54, 1.807) is 32.1 Å². The first-order valence-corrected chi connectivity index (χ1v) is 7.60. The van der Waals surface area contributed by atoms with Gasteiger partial charge in [-0.25, -0.2) is 0 Å². The van der Waals surface area contributed by atoms with Gasteiger partial charge in [-0.05, 0) is 19.2 Å². The Morgan fingerprint density at radius 3 is 2.58 bits per heavy atom. The lowest BCUT2D eigenvalue weighted by Gasteiger charge is -2.18. The van der Waals surface area contributed by atoms with E-state index in [-0.39, 0.29) is 18.0 Å². The fraction of sp³-hybridized carbons (Fsp3) is 0.375. The fourth-order valence-corrected chi connectivity index (χ4v) is 2.66. The summed E-state index contributed by atoms with van der Waals surface area (Å²) in [5, 5.41) is 8.99. The van der Waals surface area contributed by atoms with Gasteiger partial charge in [-0.15, -0.1) is 10.2 Å². The molecule has 0 aliphatic carbocycles. The van der Waals surface area contributed by atoms with Crippen LogP contribution in [0.1, 0.15) is 5.82 Å². The van der Waals surface area contributed by atoms with E-state index >= 15 is 0 Å². The summed E-state index contributed by atoms with van der Waals surface area (Å²) in [5.74, 6) is 1.19. The quantitative estimate of drug-likeness (QED) is 0.679. The fourth-order valence-electron chi connectivity index (χ4n) is 2.66. The number of aryl methyl sites for hydroxylation is 1. The van der Waals surface area contributed by atoms with E-state index in [0.717, 1.165) is 5.52 Å². The minimum Gasteiger partial charge on any atom is -0.348 e. The predicted molar refractivity (Wildman–Crippen MR) is 90.8 cm³/mol. The van der Waals surface area contributed by atoms with Gasteiger partial charge in [-0.2, -0.15) is 0 Å². The highest BCUT2D eigenvalue weighted by Gasteiger charge is 2.17. The summed E-state index contributed by atoms with van der Waals surface area (Å²) >= 11 is 0. The van der Waals surface area contributed by atoms with Gasteiger partial charge in [0, 0.05) is 21.1 Å². The first-order chi connectivity index (χ1) is 11.4. The summed E-state index contributed by atoms with van der Waals surface area (Å²) in [6.45, 7) is 0.731. The molecule has 0 saturated heterocycles. The summed E-state index contributed by atoms with van der Waals surface area (Å²) in [4.78, 5) is 27.7. The van der Waals surface area contributed by atoms with Crippen molar-refractivity contribution >= 4 is 22.6 Å². The number of carbonyl (C=O) groups excluding carboxylic acids is 1. The van der Waals surface area contributed by atoms with E-state index in [0.29, 0.717) is 23.5 Å². The van der Waals surface area contributed by atoms with Crippen molar-refractivity contribution in [3.63, 3.8) is 0 Å². The third kappa shape index (κ3) is 2.65. The number of hydrogen-bond donors (Lipinski definition) is 0. The van der Waals surface area contributed by atoms with Crippen LogP contribution >= 0.6 is 0 Å². The van der Waals surface area contributed by atoms with Crippen molar-refractivity contribution in [2.24, 2.45) is 7.05 Å². The van der Waals surface area contributed by atoms with E-state index in [1.807, 2.05) is 34.5 Å².